The topological polar surface area (TPSA) is 28.1 Å². The Labute approximate surface area is 98.3 Å². The van der Waals surface area contributed by atoms with Crippen LogP contribution in [0.4, 0.5) is 5.69 Å². The van der Waals surface area contributed by atoms with Crippen LogP contribution < -0.4 is 0 Å². The van der Waals surface area contributed by atoms with Gasteiger partial charge in [-0.1, -0.05) is 53.7 Å². The Kier molecular flexibility index (Phi) is 3.10. The number of diazo groups is 1. The van der Waals surface area contributed by atoms with Gasteiger partial charge in [0.25, 0.3) is 0 Å². The molecular weight excluding hydrogens is 196 g/mol. The predicted octanol–water partition coefficient (Wildman–Crippen LogP) is 4.77. The van der Waals surface area contributed by atoms with Gasteiger partial charge in [0, 0.05) is 6.07 Å². The minimum absolute atomic E-state index is 0.0224. The van der Waals surface area contributed by atoms with Gasteiger partial charge in [-0.05, 0) is 16.4 Å². The zero-order valence-corrected chi connectivity index (χ0v) is 11.1. The molecule has 0 aromatic heterocycles. The molecular formula is C14H21N2+. The van der Waals surface area contributed by atoms with Gasteiger partial charge in [-0.15, -0.1) is 0 Å². The van der Waals surface area contributed by atoms with Crippen LogP contribution in [0.1, 0.15) is 52.7 Å². The van der Waals surface area contributed by atoms with Crippen molar-refractivity contribution in [1.82, 2.24) is 0 Å². The molecule has 0 heterocycles. The van der Waals surface area contributed by atoms with Crippen LogP contribution in [0.5, 0.6) is 0 Å². The lowest BCUT2D eigenvalue weighted by molar-refractivity contribution is 0.532. The van der Waals surface area contributed by atoms with E-state index in [2.05, 4.69) is 52.6 Å². The molecule has 0 aliphatic rings. The molecule has 1 aromatic rings. The lowest BCUT2D eigenvalue weighted by Gasteiger charge is -2.27. The zero-order chi connectivity index (χ0) is 12.6. The van der Waals surface area contributed by atoms with E-state index in [4.69, 9.17) is 5.39 Å². The van der Waals surface area contributed by atoms with E-state index in [0.717, 1.165) is 5.56 Å². The van der Waals surface area contributed by atoms with Crippen molar-refractivity contribution in [2.75, 3.05) is 0 Å². The average molecular weight is 217 g/mol. The van der Waals surface area contributed by atoms with Gasteiger partial charge in [0.1, 0.15) is 0 Å². The molecule has 2 nitrogen and oxygen atoms in total. The third-order valence-electron chi connectivity index (χ3n) is 2.71. The quantitative estimate of drug-likeness (QED) is 0.575. The zero-order valence-electron chi connectivity index (χ0n) is 11.1. The first kappa shape index (κ1) is 12.7. The highest BCUT2D eigenvalue weighted by molar-refractivity contribution is 5.59. The molecule has 0 amide bonds. The maximum Gasteiger partial charge on any atom is 0.389 e. The molecule has 16 heavy (non-hydrogen) atoms. The van der Waals surface area contributed by atoms with E-state index in [9.17, 15) is 0 Å². The molecule has 0 fully saturated rings. The Morgan fingerprint density at radius 2 is 1.50 bits per heavy atom. The van der Waals surface area contributed by atoms with Gasteiger partial charge in [-0.3, -0.25) is 0 Å². The van der Waals surface area contributed by atoms with Crippen LogP contribution >= 0.6 is 0 Å². The third kappa shape index (κ3) is 2.41. The van der Waals surface area contributed by atoms with Crippen molar-refractivity contribution in [2.24, 2.45) is 0 Å². The van der Waals surface area contributed by atoms with Crippen LogP contribution in [0.3, 0.4) is 0 Å². The molecule has 0 aliphatic carbocycles. The summed E-state index contributed by atoms with van der Waals surface area (Å²) in [4.78, 5) is 3.41. The molecule has 0 aliphatic heterocycles. The van der Waals surface area contributed by atoms with E-state index >= 15 is 0 Å². The second kappa shape index (κ2) is 3.90. The summed E-state index contributed by atoms with van der Waals surface area (Å²) in [5.74, 6) is 0. The van der Waals surface area contributed by atoms with Crippen LogP contribution in [-0.4, -0.2) is 0 Å². The second-order valence-electron chi connectivity index (χ2n) is 6.30. The largest absolute Gasteiger partial charge is 0.389 e. The van der Waals surface area contributed by atoms with Gasteiger partial charge < -0.3 is 0 Å². The number of hydrogen-bond acceptors (Lipinski definition) is 1. The second-order valence-corrected chi connectivity index (χ2v) is 6.30. The van der Waals surface area contributed by atoms with Gasteiger partial charge in [-0.25, -0.2) is 0 Å². The van der Waals surface area contributed by atoms with Gasteiger partial charge in [0.2, 0.25) is 5.39 Å². The van der Waals surface area contributed by atoms with Gasteiger partial charge in [-0.2, -0.15) is 0 Å². The Bertz CT molecular complexity index is 426. The summed E-state index contributed by atoms with van der Waals surface area (Å²) >= 11 is 0. The maximum absolute atomic E-state index is 9.10. The van der Waals surface area contributed by atoms with Gasteiger partial charge in [0.05, 0.1) is 5.56 Å². The minimum atomic E-state index is -0.0224. The van der Waals surface area contributed by atoms with E-state index in [1.165, 1.54) is 5.56 Å². The summed E-state index contributed by atoms with van der Waals surface area (Å²) in [5, 5.41) is 9.10. The van der Waals surface area contributed by atoms with Crippen LogP contribution in [0.2, 0.25) is 0 Å². The fraction of sp³-hybridized carbons (Fsp3) is 0.571. The normalized spacial score (nSPS) is 12.3. The van der Waals surface area contributed by atoms with Crippen LogP contribution in [0.15, 0.2) is 18.2 Å². The average Bonchev–Trinajstić information content (AvgIpc) is 2.13. The first-order valence-electron chi connectivity index (χ1n) is 5.67. The Hall–Kier alpha value is -1.36. The highest BCUT2D eigenvalue weighted by atomic mass is 14.9. The molecule has 1 aromatic carbocycles. The Morgan fingerprint density at radius 3 is 1.88 bits per heavy atom. The number of rotatable bonds is 0. The number of nitrogens with zero attached hydrogens (tertiary/aromatic N) is 2. The Morgan fingerprint density at radius 1 is 0.938 bits per heavy atom. The van der Waals surface area contributed by atoms with Crippen LogP contribution in [-0.2, 0) is 10.8 Å². The van der Waals surface area contributed by atoms with E-state index < -0.39 is 0 Å². The molecule has 0 atom stereocenters. The van der Waals surface area contributed by atoms with E-state index in [1.54, 1.807) is 0 Å². The first-order chi connectivity index (χ1) is 7.18. The third-order valence-corrected chi connectivity index (χ3v) is 2.71. The molecule has 2 heteroatoms. The summed E-state index contributed by atoms with van der Waals surface area (Å²) in [6.45, 7) is 13.0. The van der Waals surface area contributed by atoms with Crippen molar-refractivity contribution >= 4 is 5.69 Å². The SMILES string of the molecule is CC(C)(C)c1cccc([N+]#N)c1C(C)(C)C. The van der Waals surface area contributed by atoms with Crippen LogP contribution in [0, 0.1) is 5.39 Å². The van der Waals surface area contributed by atoms with Crippen LogP contribution in [0.25, 0.3) is 4.98 Å². The molecule has 0 spiro atoms. The number of hydrogen-bond donors (Lipinski definition) is 0. The van der Waals surface area contributed by atoms with Crippen molar-refractivity contribution in [2.45, 2.75) is 52.4 Å². The van der Waals surface area contributed by atoms with Crippen molar-refractivity contribution in [3.63, 3.8) is 0 Å². The van der Waals surface area contributed by atoms with Crippen molar-refractivity contribution in [3.05, 3.63) is 34.3 Å². The number of benzene rings is 1. The fourth-order valence-corrected chi connectivity index (χ4v) is 2.04. The molecule has 86 valence electrons. The maximum atomic E-state index is 9.10. The summed E-state index contributed by atoms with van der Waals surface area (Å²) in [6, 6.07) is 5.93. The lowest BCUT2D eigenvalue weighted by Crippen LogP contribution is -2.21. The fourth-order valence-electron chi connectivity index (χ4n) is 2.04. The molecule has 1 rings (SSSR count). The molecule has 0 radical (unpaired) electrons. The smallest absolute Gasteiger partial charge is 0.0576 e. The molecule has 0 bridgehead atoms. The molecule has 0 saturated heterocycles. The standard InChI is InChI=1S/C14H21N2/c1-13(2,3)10-8-7-9-11(16-15)12(10)14(4,5)6/h7-9H,1-6H3/q+1. The summed E-state index contributed by atoms with van der Waals surface area (Å²) < 4.78 is 0. The van der Waals surface area contributed by atoms with Crippen molar-refractivity contribution in [1.29, 1.82) is 5.39 Å². The first-order valence-corrected chi connectivity index (χ1v) is 5.67. The van der Waals surface area contributed by atoms with E-state index in [0.29, 0.717) is 5.69 Å². The predicted molar refractivity (Wildman–Crippen MR) is 68.6 cm³/mol. The van der Waals surface area contributed by atoms with Gasteiger partial charge >= 0.3 is 5.69 Å². The highest BCUT2D eigenvalue weighted by Gasteiger charge is 2.32. The molecule has 0 N–H and O–H groups in total. The van der Waals surface area contributed by atoms with Crippen molar-refractivity contribution < 1.29 is 0 Å². The molecule has 0 unspecified atom stereocenters. The minimum Gasteiger partial charge on any atom is -0.0576 e. The summed E-state index contributed by atoms with van der Waals surface area (Å²) in [7, 11) is 0. The monoisotopic (exact) mass is 217 g/mol. The summed E-state index contributed by atoms with van der Waals surface area (Å²) in [6.07, 6.45) is 0. The molecule has 0 saturated carbocycles. The summed E-state index contributed by atoms with van der Waals surface area (Å²) in [5.41, 5.74) is 3.09. The van der Waals surface area contributed by atoms with E-state index in [-0.39, 0.29) is 10.8 Å². The Balaban J connectivity index is 3.59. The van der Waals surface area contributed by atoms with Crippen molar-refractivity contribution in [3.8, 4) is 0 Å². The van der Waals surface area contributed by atoms with E-state index in [1.807, 2.05) is 12.1 Å². The van der Waals surface area contributed by atoms with Gasteiger partial charge in [0.15, 0.2) is 4.98 Å². The lowest BCUT2D eigenvalue weighted by atomic mass is 9.74. The highest BCUT2D eigenvalue weighted by Crippen LogP contribution is 2.39.